The summed E-state index contributed by atoms with van der Waals surface area (Å²) in [5.41, 5.74) is 3.90. The molecule has 2 aromatic carbocycles. The van der Waals surface area contributed by atoms with E-state index < -0.39 is 5.97 Å². The molecular weight excluding hydrogens is 274 g/mol. The molecular formula is C16H14ClNO2. The van der Waals surface area contributed by atoms with E-state index in [4.69, 9.17) is 16.7 Å². The molecule has 3 rings (SSSR count). The lowest BCUT2D eigenvalue weighted by Crippen LogP contribution is -2.15. The number of hydrogen-bond acceptors (Lipinski definition) is 2. The Morgan fingerprint density at radius 1 is 1.15 bits per heavy atom. The van der Waals surface area contributed by atoms with Crippen LogP contribution in [-0.4, -0.2) is 16.0 Å². The third-order valence-electron chi connectivity index (χ3n) is 3.54. The minimum absolute atomic E-state index is 0.335. The van der Waals surface area contributed by atoms with Gasteiger partial charge in [-0.25, -0.2) is 4.79 Å². The number of fused-ring (bicyclic) bond motifs is 1. The van der Waals surface area contributed by atoms with Crippen LogP contribution in [0.2, 0.25) is 5.02 Å². The molecule has 1 N–H and O–H groups in total. The molecule has 4 heteroatoms. The number of carbonyl (C=O) groups is 1. The fourth-order valence-electron chi connectivity index (χ4n) is 2.61. The van der Waals surface area contributed by atoms with Gasteiger partial charge in [-0.15, -0.1) is 0 Å². The van der Waals surface area contributed by atoms with Crippen molar-refractivity contribution in [1.29, 1.82) is 0 Å². The molecule has 0 bridgehead atoms. The molecule has 0 amide bonds. The summed E-state index contributed by atoms with van der Waals surface area (Å²) in [6.07, 6.45) is 0. The minimum atomic E-state index is -0.886. The van der Waals surface area contributed by atoms with Gasteiger partial charge < -0.3 is 5.11 Å². The first kappa shape index (κ1) is 13.2. The summed E-state index contributed by atoms with van der Waals surface area (Å²) in [5.74, 6) is -0.886. The average molecular weight is 288 g/mol. The molecule has 102 valence electrons. The number of hydrogen-bond donors (Lipinski definition) is 1. The van der Waals surface area contributed by atoms with Gasteiger partial charge in [0.2, 0.25) is 0 Å². The van der Waals surface area contributed by atoms with Crippen LogP contribution in [0.15, 0.2) is 42.5 Å². The van der Waals surface area contributed by atoms with E-state index in [1.54, 1.807) is 18.2 Å². The SMILES string of the molecule is O=C(O)c1cccc(CN2Cc3ccc(Cl)cc3C2)c1. The number of benzene rings is 2. The summed E-state index contributed by atoms with van der Waals surface area (Å²) in [6, 6.07) is 13.1. The molecule has 0 fully saturated rings. The van der Waals surface area contributed by atoms with Crippen molar-refractivity contribution < 1.29 is 9.90 Å². The van der Waals surface area contributed by atoms with Crippen LogP contribution in [0.5, 0.6) is 0 Å². The highest BCUT2D eigenvalue weighted by Crippen LogP contribution is 2.26. The first-order chi connectivity index (χ1) is 9.61. The molecule has 0 saturated carbocycles. The summed E-state index contributed by atoms with van der Waals surface area (Å²) < 4.78 is 0. The number of carboxylic acid groups (broad SMARTS) is 1. The monoisotopic (exact) mass is 287 g/mol. The van der Waals surface area contributed by atoms with Gasteiger partial charge in [0, 0.05) is 24.7 Å². The van der Waals surface area contributed by atoms with Gasteiger partial charge in [-0.2, -0.15) is 0 Å². The van der Waals surface area contributed by atoms with E-state index in [9.17, 15) is 4.79 Å². The van der Waals surface area contributed by atoms with Crippen LogP contribution in [0, 0.1) is 0 Å². The maximum absolute atomic E-state index is 11.0. The number of carboxylic acids is 1. The minimum Gasteiger partial charge on any atom is -0.478 e. The van der Waals surface area contributed by atoms with Crippen molar-refractivity contribution in [2.24, 2.45) is 0 Å². The van der Waals surface area contributed by atoms with Gasteiger partial charge in [-0.1, -0.05) is 29.8 Å². The summed E-state index contributed by atoms with van der Waals surface area (Å²) in [5, 5.41) is 9.78. The first-order valence-corrected chi connectivity index (χ1v) is 6.81. The second-order valence-corrected chi connectivity index (χ2v) is 5.50. The quantitative estimate of drug-likeness (QED) is 0.938. The fourth-order valence-corrected chi connectivity index (χ4v) is 2.80. The normalized spacial score (nSPS) is 14.2. The second-order valence-electron chi connectivity index (χ2n) is 5.06. The van der Waals surface area contributed by atoms with Crippen molar-refractivity contribution in [2.45, 2.75) is 19.6 Å². The molecule has 20 heavy (non-hydrogen) atoms. The molecule has 0 radical (unpaired) electrons. The second kappa shape index (κ2) is 5.27. The molecule has 3 nitrogen and oxygen atoms in total. The largest absolute Gasteiger partial charge is 0.478 e. The highest BCUT2D eigenvalue weighted by atomic mass is 35.5. The van der Waals surface area contributed by atoms with Gasteiger partial charge in [-0.05, 0) is 41.0 Å². The van der Waals surface area contributed by atoms with Crippen LogP contribution < -0.4 is 0 Å². The van der Waals surface area contributed by atoms with Crippen LogP contribution in [0.1, 0.15) is 27.0 Å². The number of halogens is 1. The van der Waals surface area contributed by atoms with E-state index in [0.717, 1.165) is 30.2 Å². The van der Waals surface area contributed by atoms with E-state index in [2.05, 4.69) is 11.0 Å². The Labute approximate surface area is 122 Å². The first-order valence-electron chi connectivity index (χ1n) is 6.44. The third-order valence-corrected chi connectivity index (χ3v) is 3.77. The van der Waals surface area contributed by atoms with Crippen molar-refractivity contribution in [3.8, 4) is 0 Å². The smallest absolute Gasteiger partial charge is 0.335 e. The van der Waals surface area contributed by atoms with Crippen molar-refractivity contribution >= 4 is 17.6 Å². The highest BCUT2D eigenvalue weighted by molar-refractivity contribution is 6.30. The Morgan fingerprint density at radius 2 is 1.95 bits per heavy atom. The lowest BCUT2D eigenvalue weighted by atomic mass is 10.1. The summed E-state index contributed by atoms with van der Waals surface area (Å²) >= 11 is 6.00. The molecule has 0 spiro atoms. The van der Waals surface area contributed by atoms with E-state index in [1.807, 2.05) is 18.2 Å². The molecule has 0 aromatic heterocycles. The lowest BCUT2D eigenvalue weighted by molar-refractivity contribution is 0.0696. The fraction of sp³-hybridized carbons (Fsp3) is 0.188. The van der Waals surface area contributed by atoms with Gasteiger partial charge in [-0.3, -0.25) is 4.90 Å². The van der Waals surface area contributed by atoms with Gasteiger partial charge in [0.05, 0.1) is 5.56 Å². The summed E-state index contributed by atoms with van der Waals surface area (Å²) in [6.45, 7) is 2.48. The van der Waals surface area contributed by atoms with Crippen LogP contribution in [0.25, 0.3) is 0 Å². The zero-order valence-electron chi connectivity index (χ0n) is 10.8. The third kappa shape index (κ3) is 2.69. The standard InChI is InChI=1S/C16H14ClNO2/c17-15-5-4-13-9-18(10-14(13)7-15)8-11-2-1-3-12(6-11)16(19)20/h1-7H,8-10H2,(H,19,20). The molecule has 1 heterocycles. The van der Waals surface area contributed by atoms with Gasteiger partial charge in [0.15, 0.2) is 0 Å². The van der Waals surface area contributed by atoms with Crippen LogP contribution in [0.4, 0.5) is 0 Å². The van der Waals surface area contributed by atoms with Gasteiger partial charge in [0.1, 0.15) is 0 Å². The van der Waals surface area contributed by atoms with Crippen molar-refractivity contribution in [1.82, 2.24) is 4.90 Å². The van der Waals surface area contributed by atoms with Gasteiger partial charge in [0.25, 0.3) is 0 Å². The Balaban J connectivity index is 1.74. The van der Waals surface area contributed by atoms with Crippen molar-refractivity contribution in [3.05, 3.63) is 69.7 Å². The Bertz CT molecular complexity index is 669. The Kier molecular flexibility index (Phi) is 3.47. The van der Waals surface area contributed by atoms with Crippen molar-refractivity contribution in [3.63, 3.8) is 0 Å². The maximum Gasteiger partial charge on any atom is 0.335 e. The van der Waals surface area contributed by atoms with E-state index in [0.29, 0.717) is 5.56 Å². The zero-order chi connectivity index (χ0) is 14.1. The maximum atomic E-state index is 11.0. The predicted molar refractivity (Wildman–Crippen MR) is 77.8 cm³/mol. The molecule has 0 atom stereocenters. The molecule has 1 aliphatic rings. The molecule has 2 aromatic rings. The number of aromatic carboxylic acids is 1. The van der Waals surface area contributed by atoms with E-state index in [1.165, 1.54) is 11.1 Å². The highest BCUT2D eigenvalue weighted by Gasteiger charge is 2.19. The van der Waals surface area contributed by atoms with Crippen LogP contribution in [-0.2, 0) is 19.6 Å². The van der Waals surface area contributed by atoms with E-state index in [-0.39, 0.29) is 0 Å². The summed E-state index contributed by atoms with van der Waals surface area (Å²) in [4.78, 5) is 13.3. The van der Waals surface area contributed by atoms with Crippen LogP contribution in [0.3, 0.4) is 0 Å². The molecule has 0 unspecified atom stereocenters. The lowest BCUT2D eigenvalue weighted by Gasteiger charge is -2.15. The number of nitrogens with zero attached hydrogens (tertiary/aromatic N) is 1. The summed E-state index contributed by atoms with van der Waals surface area (Å²) in [7, 11) is 0. The van der Waals surface area contributed by atoms with Crippen molar-refractivity contribution in [2.75, 3.05) is 0 Å². The Morgan fingerprint density at radius 3 is 2.75 bits per heavy atom. The number of rotatable bonds is 3. The zero-order valence-corrected chi connectivity index (χ0v) is 11.6. The molecule has 1 aliphatic heterocycles. The predicted octanol–water partition coefficient (Wildman–Crippen LogP) is 3.55. The van der Waals surface area contributed by atoms with E-state index >= 15 is 0 Å². The van der Waals surface area contributed by atoms with Gasteiger partial charge >= 0.3 is 5.97 Å². The topological polar surface area (TPSA) is 40.5 Å². The average Bonchev–Trinajstić information content (AvgIpc) is 2.80. The van der Waals surface area contributed by atoms with Crippen LogP contribution >= 0.6 is 11.6 Å². The molecule has 0 aliphatic carbocycles. The molecule has 0 saturated heterocycles. The Hall–Kier alpha value is -1.84.